The van der Waals surface area contributed by atoms with E-state index < -0.39 is 5.41 Å². The largest absolute Gasteiger partial charge is 0.471 e. The number of carbonyl (C=O) groups excluding carboxylic acids is 2. The van der Waals surface area contributed by atoms with Gasteiger partial charge in [0.05, 0.1) is 11.1 Å². The van der Waals surface area contributed by atoms with Crippen molar-refractivity contribution in [3.8, 4) is 5.88 Å². The molecule has 0 bridgehead atoms. The van der Waals surface area contributed by atoms with Crippen molar-refractivity contribution in [1.82, 2.24) is 20.6 Å². The molecular formula is C22H28N4O3. The molecule has 3 rings (SSSR count). The molecule has 2 heterocycles. The summed E-state index contributed by atoms with van der Waals surface area (Å²) in [6, 6.07) is 8.90. The molecule has 1 aliphatic carbocycles. The molecule has 0 radical (unpaired) electrons. The highest BCUT2D eigenvalue weighted by Gasteiger charge is 2.35. The van der Waals surface area contributed by atoms with Crippen molar-refractivity contribution in [2.24, 2.45) is 5.41 Å². The van der Waals surface area contributed by atoms with Crippen LogP contribution in [-0.2, 0) is 11.4 Å². The van der Waals surface area contributed by atoms with Crippen molar-refractivity contribution < 1.29 is 14.3 Å². The zero-order valence-corrected chi connectivity index (χ0v) is 17.4. The molecule has 7 nitrogen and oxygen atoms in total. The molecule has 2 aromatic rings. The number of pyridine rings is 2. The van der Waals surface area contributed by atoms with E-state index in [-0.39, 0.29) is 23.6 Å². The van der Waals surface area contributed by atoms with E-state index in [1.165, 1.54) is 0 Å². The quantitative estimate of drug-likeness (QED) is 0.716. The average molecular weight is 396 g/mol. The van der Waals surface area contributed by atoms with Crippen molar-refractivity contribution in [2.45, 2.75) is 52.2 Å². The van der Waals surface area contributed by atoms with Gasteiger partial charge < -0.3 is 15.4 Å². The second-order valence-corrected chi connectivity index (χ2v) is 7.97. The summed E-state index contributed by atoms with van der Waals surface area (Å²) in [6.45, 7) is 5.69. The van der Waals surface area contributed by atoms with Gasteiger partial charge in [0.25, 0.3) is 5.91 Å². The molecule has 0 spiro atoms. The first kappa shape index (κ1) is 20.8. The van der Waals surface area contributed by atoms with Gasteiger partial charge in [0, 0.05) is 24.8 Å². The highest BCUT2D eigenvalue weighted by atomic mass is 16.5. The number of hydrogen-bond donors (Lipinski definition) is 2. The minimum atomic E-state index is -0.753. The van der Waals surface area contributed by atoms with Gasteiger partial charge in [-0.3, -0.25) is 14.6 Å². The molecule has 2 N–H and O–H groups in total. The van der Waals surface area contributed by atoms with E-state index >= 15 is 0 Å². The second-order valence-electron chi connectivity index (χ2n) is 7.97. The maximum atomic E-state index is 12.8. The van der Waals surface area contributed by atoms with Crippen molar-refractivity contribution in [3.05, 3.63) is 53.5 Å². The second kappa shape index (κ2) is 8.59. The van der Waals surface area contributed by atoms with Gasteiger partial charge in [0.15, 0.2) is 0 Å². The van der Waals surface area contributed by atoms with E-state index in [1.807, 2.05) is 31.2 Å². The summed E-state index contributed by atoms with van der Waals surface area (Å²) < 4.78 is 5.93. The fourth-order valence-electron chi connectivity index (χ4n) is 2.99. The van der Waals surface area contributed by atoms with Crippen LogP contribution in [-0.4, -0.2) is 34.9 Å². The Bertz CT molecular complexity index is 879. The summed E-state index contributed by atoms with van der Waals surface area (Å²) in [6.07, 6.45) is 3.92. The van der Waals surface area contributed by atoms with Gasteiger partial charge >= 0.3 is 0 Å². The number of hydrogen-bond acceptors (Lipinski definition) is 5. The molecule has 0 aromatic carbocycles. The van der Waals surface area contributed by atoms with Crippen LogP contribution in [0.25, 0.3) is 0 Å². The smallest absolute Gasteiger partial charge is 0.270 e. The lowest BCUT2D eigenvalue weighted by Crippen LogP contribution is -2.50. The average Bonchev–Trinajstić information content (AvgIpc) is 3.57. The molecule has 0 saturated heterocycles. The lowest BCUT2D eigenvalue weighted by molar-refractivity contribution is -0.129. The lowest BCUT2D eigenvalue weighted by atomic mass is 9.84. The van der Waals surface area contributed by atoms with Gasteiger partial charge in [0.2, 0.25) is 11.8 Å². The van der Waals surface area contributed by atoms with Crippen LogP contribution in [0.3, 0.4) is 0 Å². The highest BCUT2D eigenvalue weighted by Crippen LogP contribution is 2.43. The number of ether oxygens (including phenoxy) is 1. The third-order valence-electron chi connectivity index (χ3n) is 5.46. The van der Waals surface area contributed by atoms with E-state index in [4.69, 9.17) is 4.74 Å². The molecule has 2 amide bonds. The first-order valence-electron chi connectivity index (χ1n) is 9.89. The Kier molecular flexibility index (Phi) is 6.15. The number of amides is 2. The first-order chi connectivity index (χ1) is 13.8. The Labute approximate surface area is 171 Å². The van der Waals surface area contributed by atoms with E-state index in [0.717, 1.165) is 24.1 Å². The Hall–Kier alpha value is -2.96. The summed E-state index contributed by atoms with van der Waals surface area (Å²) >= 11 is 0. The monoisotopic (exact) mass is 396 g/mol. The maximum absolute atomic E-state index is 12.8. The number of carbonyl (C=O) groups is 2. The normalized spacial score (nSPS) is 14.8. The fraction of sp³-hybridized carbons (Fsp3) is 0.455. The van der Waals surface area contributed by atoms with Crippen molar-refractivity contribution in [1.29, 1.82) is 0 Å². The Morgan fingerprint density at radius 1 is 1.24 bits per heavy atom. The molecular weight excluding hydrogens is 368 g/mol. The predicted molar refractivity (Wildman–Crippen MR) is 110 cm³/mol. The topological polar surface area (TPSA) is 93.2 Å². The Morgan fingerprint density at radius 2 is 2.00 bits per heavy atom. The molecule has 1 unspecified atom stereocenters. The van der Waals surface area contributed by atoms with Crippen LogP contribution in [0.4, 0.5) is 0 Å². The van der Waals surface area contributed by atoms with Gasteiger partial charge in [-0.15, -0.1) is 0 Å². The summed E-state index contributed by atoms with van der Waals surface area (Å²) in [5, 5.41) is 5.52. The molecule has 154 valence electrons. The third kappa shape index (κ3) is 4.91. The zero-order valence-electron chi connectivity index (χ0n) is 17.4. The van der Waals surface area contributed by atoms with E-state index in [0.29, 0.717) is 18.4 Å². The van der Waals surface area contributed by atoms with Crippen LogP contribution in [0.15, 0.2) is 36.5 Å². The molecule has 29 heavy (non-hydrogen) atoms. The molecule has 7 heteroatoms. The Balaban J connectivity index is 1.75. The fourth-order valence-corrected chi connectivity index (χ4v) is 2.99. The van der Waals surface area contributed by atoms with Gasteiger partial charge in [-0.05, 0) is 57.7 Å². The van der Waals surface area contributed by atoms with E-state index in [1.54, 1.807) is 33.2 Å². The van der Waals surface area contributed by atoms with Crippen LogP contribution in [0.2, 0.25) is 0 Å². The van der Waals surface area contributed by atoms with E-state index in [9.17, 15) is 9.59 Å². The molecule has 1 saturated carbocycles. The molecule has 1 aliphatic rings. The maximum Gasteiger partial charge on any atom is 0.270 e. The van der Waals surface area contributed by atoms with Crippen LogP contribution in [0.5, 0.6) is 5.88 Å². The zero-order chi connectivity index (χ0) is 21.0. The minimum absolute atomic E-state index is 0.137. The molecule has 1 atom stereocenters. The van der Waals surface area contributed by atoms with Gasteiger partial charge in [-0.25, -0.2) is 4.98 Å². The van der Waals surface area contributed by atoms with Gasteiger partial charge in [-0.1, -0.05) is 12.1 Å². The van der Waals surface area contributed by atoms with Crippen molar-refractivity contribution >= 4 is 11.8 Å². The highest BCUT2D eigenvalue weighted by molar-refractivity contribution is 5.93. The molecule has 1 fully saturated rings. The minimum Gasteiger partial charge on any atom is -0.471 e. The first-order valence-corrected chi connectivity index (χ1v) is 9.89. The van der Waals surface area contributed by atoms with Crippen LogP contribution >= 0.6 is 0 Å². The summed E-state index contributed by atoms with van der Waals surface area (Å²) in [4.78, 5) is 33.6. The SMILES string of the molecule is CNC(=O)C(C)(C)C(C)NC(=O)c1ccc(C2CC2)c(OCc2ccccn2)n1. The standard InChI is InChI=1S/C22H28N4O3/c1-14(22(2,3)21(28)23-4)25-19(27)18-11-10-17(15-8-9-15)20(26-18)29-13-16-7-5-6-12-24-16/h5-7,10-12,14-15H,8-9,13H2,1-4H3,(H,23,28)(H,25,27). The number of aromatic nitrogens is 2. The number of rotatable bonds is 8. The van der Waals surface area contributed by atoms with Crippen molar-refractivity contribution in [2.75, 3.05) is 7.05 Å². The van der Waals surface area contributed by atoms with Crippen LogP contribution < -0.4 is 15.4 Å². The predicted octanol–water partition coefficient (Wildman–Crippen LogP) is 2.82. The summed E-state index contributed by atoms with van der Waals surface area (Å²) in [7, 11) is 1.59. The summed E-state index contributed by atoms with van der Waals surface area (Å²) in [5.41, 5.74) is 1.34. The van der Waals surface area contributed by atoms with Gasteiger partial charge in [0.1, 0.15) is 12.3 Å². The van der Waals surface area contributed by atoms with Crippen LogP contribution in [0, 0.1) is 5.41 Å². The molecule has 0 aliphatic heterocycles. The lowest BCUT2D eigenvalue weighted by Gasteiger charge is -2.30. The molecule has 2 aromatic heterocycles. The van der Waals surface area contributed by atoms with Crippen molar-refractivity contribution in [3.63, 3.8) is 0 Å². The van der Waals surface area contributed by atoms with E-state index in [2.05, 4.69) is 20.6 Å². The number of nitrogens with zero attached hydrogens (tertiary/aromatic N) is 2. The summed E-state index contributed by atoms with van der Waals surface area (Å²) in [5.74, 6) is 0.440. The Morgan fingerprint density at radius 3 is 2.62 bits per heavy atom. The van der Waals surface area contributed by atoms with Gasteiger partial charge in [-0.2, -0.15) is 0 Å². The van der Waals surface area contributed by atoms with Crippen LogP contribution in [0.1, 0.15) is 61.3 Å². The third-order valence-corrected chi connectivity index (χ3v) is 5.46. The number of nitrogens with one attached hydrogen (secondary N) is 2.